The van der Waals surface area contributed by atoms with Gasteiger partial charge in [0.15, 0.2) is 5.78 Å². The number of hydrogen-bond acceptors (Lipinski definition) is 4. The second kappa shape index (κ2) is 3.67. The molecule has 1 heterocycles. The lowest BCUT2D eigenvalue weighted by Gasteiger charge is -2.26. The van der Waals surface area contributed by atoms with Gasteiger partial charge in [0.2, 0.25) is 6.29 Å². The van der Waals surface area contributed by atoms with Gasteiger partial charge in [-0.05, 0) is 12.5 Å². The fourth-order valence-electron chi connectivity index (χ4n) is 0.805. The summed E-state index contributed by atoms with van der Waals surface area (Å²) in [5.41, 5.74) is 0.305. The zero-order valence-electron chi connectivity index (χ0n) is 7.34. The summed E-state index contributed by atoms with van der Waals surface area (Å²) in [6, 6.07) is 0. The largest absolute Gasteiger partial charge is 0.473 e. The lowest BCUT2D eigenvalue weighted by atomic mass is 10.1. The predicted molar refractivity (Wildman–Crippen MR) is 45.9 cm³/mol. The summed E-state index contributed by atoms with van der Waals surface area (Å²) in [5, 5.41) is 0. The molecule has 1 atom stereocenters. The van der Waals surface area contributed by atoms with Crippen LogP contribution in [0.15, 0.2) is 24.0 Å². The van der Waals surface area contributed by atoms with Gasteiger partial charge in [-0.15, -0.1) is 0 Å². The Morgan fingerprint density at radius 3 is 2.57 bits per heavy atom. The lowest BCUT2D eigenvalue weighted by molar-refractivity contribution is -0.120. The molecule has 0 saturated heterocycles. The van der Waals surface area contributed by atoms with Crippen LogP contribution in [0, 0.1) is 0 Å². The molecule has 6 nitrogen and oxygen atoms in total. The zero-order chi connectivity index (χ0) is 10.9. The molecule has 0 saturated carbocycles. The Morgan fingerprint density at radius 1 is 1.71 bits per heavy atom. The average molecular weight is 220 g/mol. The van der Waals surface area contributed by atoms with E-state index in [1.165, 1.54) is 6.92 Å². The maximum absolute atomic E-state index is 11.2. The molecule has 7 heteroatoms. The van der Waals surface area contributed by atoms with E-state index in [4.69, 9.17) is 9.79 Å². The third-order valence-corrected chi connectivity index (χ3v) is 1.92. The summed E-state index contributed by atoms with van der Waals surface area (Å²) in [7, 11) is -4.64. The Hall–Kier alpha value is -0.940. The monoisotopic (exact) mass is 220 g/mol. The van der Waals surface area contributed by atoms with Gasteiger partial charge in [-0.2, -0.15) is 0 Å². The van der Waals surface area contributed by atoms with Crippen LogP contribution < -0.4 is 0 Å². The third kappa shape index (κ3) is 2.52. The molecule has 1 aliphatic rings. The van der Waals surface area contributed by atoms with Gasteiger partial charge < -0.3 is 14.5 Å². The van der Waals surface area contributed by atoms with Crippen molar-refractivity contribution in [1.82, 2.24) is 0 Å². The van der Waals surface area contributed by atoms with Crippen molar-refractivity contribution >= 4 is 13.6 Å². The molecule has 0 aromatic carbocycles. The first-order valence-corrected chi connectivity index (χ1v) is 5.14. The van der Waals surface area contributed by atoms with Gasteiger partial charge in [0.05, 0.1) is 0 Å². The van der Waals surface area contributed by atoms with E-state index >= 15 is 0 Å². The molecule has 2 N–H and O–H groups in total. The number of rotatable bonds is 4. The van der Waals surface area contributed by atoms with Gasteiger partial charge in [-0.25, -0.2) is 9.09 Å². The van der Waals surface area contributed by atoms with Crippen LogP contribution in [0.25, 0.3) is 0 Å². The molecule has 0 spiro atoms. The number of carbonyl (C=O) groups is 1. The van der Waals surface area contributed by atoms with Crippen molar-refractivity contribution in [2.75, 3.05) is 0 Å². The van der Waals surface area contributed by atoms with Gasteiger partial charge >= 0.3 is 7.82 Å². The van der Waals surface area contributed by atoms with Crippen molar-refractivity contribution in [1.29, 1.82) is 0 Å². The molecule has 1 rings (SSSR count). The van der Waals surface area contributed by atoms with Crippen molar-refractivity contribution < 1.29 is 28.4 Å². The van der Waals surface area contributed by atoms with Crippen molar-refractivity contribution in [3.63, 3.8) is 0 Å². The standard InChI is InChI=1S/C7H9O6P/c1-4(2)6(8)5-3-12-7(5)13-14(9,10)11/h3,7H,1H2,2H3,(H2,9,10,11). The van der Waals surface area contributed by atoms with Gasteiger partial charge in [0.1, 0.15) is 11.8 Å². The number of ketones is 1. The molecule has 0 bridgehead atoms. The highest BCUT2D eigenvalue weighted by molar-refractivity contribution is 7.46. The number of phosphoric acid groups is 1. The van der Waals surface area contributed by atoms with Crippen LogP contribution in [-0.4, -0.2) is 21.9 Å². The first kappa shape index (κ1) is 11.1. The molecule has 0 amide bonds. The van der Waals surface area contributed by atoms with Crippen molar-refractivity contribution in [3.05, 3.63) is 24.0 Å². The fourth-order valence-corrected chi connectivity index (χ4v) is 1.22. The van der Waals surface area contributed by atoms with Gasteiger partial charge in [-0.1, -0.05) is 6.58 Å². The number of ether oxygens (including phenoxy) is 1. The molecule has 0 fully saturated rings. The molecule has 14 heavy (non-hydrogen) atoms. The third-order valence-electron chi connectivity index (χ3n) is 1.46. The van der Waals surface area contributed by atoms with Crippen molar-refractivity contribution in [2.45, 2.75) is 13.2 Å². The topological polar surface area (TPSA) is 93.1 Å². The zero-order valence-corrected chi connectivity index (χ0v) is 8.23. The quantitative estimate of drug-likeness (QED) is 0.528. The van der Waals surface area contributed by atoms with Crippen LogP contribution in [0.5, 0.6) is 0 Å². The highest BCUT2D eigenvalue weighted by atomic mass is 31.2. The molecule has 0 aromatic heterocycles. The van der Waals surface area contributed by atoms with Crippen molar-refractivity contribution in [2.24, 2.45) is 0 Å². The molecule has 1 aliphatic heterocycles. The Bertz CT molecular complexity index is 351. The molecule has 0 radical (unpaired) electrons. The van der Waals surface area contributed by atoms with E-state index in [2.05, 4.69) is 15.8 Å². The van der Waals surface area contributed by atoms with Crippen LogP contribution in [0.4, 0.5) is 0 Å². The molecule has 0 aliphatic carbocycles. The normalized spacial score (nSPS) is 20.5. The second-order valence-electron chi connectivity index (χ2n) is 2.75. The predicted octanol–water partition coefficient (Wildman–Crippen LogP) is 0.481. The van der Waals surface area contributed by atoms with E-state index in [1.807, 2.05) is 0 Å². The average Bonchev–Trinajstić information content (AvgIpc) is 1.96. The molecular formula is C7H9O6P. The van der Waals surface area contributed by atoms with E-state index in [0.717, 1.165) is 6.26 Å². The Kier molecular flexibility index (Phi) is 2.92. The Morgan fingerprint density at radius 2 is 2.29 bits per heavy atom. The minimum absolute atomic E-state index is 0.0563. The van der Waals surface area contributed by atoms with Crippen LogP contribution in [-0.2, 0) is 18.6 Å². The van der Waals surface area contributed by atoms with Gasteiger partial charge in [0, 0.05) is 0 Å². The summed E-state index contributed by atoms with van der Waals surface area (Å²) in [5.74, 6) is -0.435. The van der Waals surface area contributed by atoms with Crippen LogP contribution in [0.1, 0.15) is 6.92 Å². The number of allylic oxidation sites excluding steroid dienone is 1. The number of Topliss-reactive ketones (excluding diaryl/α,β-unsaturated/α-hetero) is 1. The first-order valence-electron chi connectivity index (χ1n) is 3.61. The van der Waals surface area contributed by atoms with Crippen LogP contribution in [0.2, 0.25) is 0 Å². The molecular weight excluding hydrogens is 211 g/mol. The van der Waals surface area contributed by atoms with Crippen LogP contribution >= 0.6 is 7.82 Å². The summed E-state index contributed by atoms with van der Waals surface area (Å²) in [6.45, 7) is 4.88. The smallest absolute Gasteiger partial charge is 0.467 e. The fraction of sp³-hybridized carbons (Fsp3) is 0.286. The van der Waals surface area contributed by atoms with Crippen molar-refractivity contribution in [3.8, 4) is 0 Å². The van der Waals surface area contributed by atoms with Crippen LogP contribution in [0.3, 0.4) is 0 Å². The maximum Gasteiger partial charge on any atom is 0.473 e. The summed E-state index contributed by atoms with van der Waals surface area (Å²) < 4.78 is 19.1. The summed E-state index contributed by atoms with van der Waals surface area (Å²) in [6.07, 6.45) is -0.211. The summed E-state index contributed by atoms with van der Waals surface area (Å²) in [4.78, 5) is 28.1. The van der Waals surface area contributed by atoms with E-state index in [1.54, 1.807) is 0 Å². The van der Waals surface area contributed by atoms with Gasteiger partial charge in [0.25, 0.3) is 0 Å². The molecule has 78 valence electrons. The number of carbonyl (C=O) groups excluding carboxylic acids is 1. The Balaban J connectivity index is 2.65. The molecule has 1 unspecified atom stereocenters. The van der Waals surface area contributed by atoms with E-state index in [9.17, 15) is 9.36 Å². The lowest BCUT2D eigenvalue weighted by Crippen LogP contribution is -2.30. The highest BCUT2D eigenvalue weighted by Crippen LogP contribution is 2.41. The van der Waals surface area contributed by atoms with E-state index in [-0.39, 0.29) is 11.1 Å². The highest BCUT2D eigenvalue weighted by Gasteiger charge is 2.35. The maximum atomic E-state index is 11.2. The Labute approximate surface area is 80.1 Å². The minimum Gasteiger partial charge on any atom is -0.467 e. The summed E-state index contributed by atoms with van der Waals surface area (Å²) >= 11 is 0. The van der Waals surface area contributed by atoms with Gasteiger partial charge in [-0.3, -0.25) is 4.79 Å². The number of hydrogen-bond donors (Lipinski definition) is 2. The number of phosphoric ester groups is 1. The first-order chi connectivity index (χ1) is 6.31. The van der Waals surface area contributed by atoms with E-state index < -0.39 is 19.9 Å². The minimum atomic E-state index is -4.64. The van der Waals surface area contributed by atoms with E-state index in [0.29, 0.717) is 0 Å². The SMILES string of the molecule is C=C(C)C(=O)C1=COC1OP(=O)(O)O. The molecule has 0 aromatic rings. The second-order valence-corrected chi connectivity index (χ2v) is 3.94.